The minimum Gasteiger partial charge on any atom is -0.465 e. The number of para-hydroxylation sites is 1. The van der Waals surface area contributed by atoms with Gasteiger partial charge in [-0.05, 0) is 41.8 Å². The zero-order valence-corrected chi connectivity index (χ0v) is 18.6. The Morgan fingerprint density at radius 3 is 2.53 bits per heavy atom. The predicted octanol–water partition coefficient (Wildman–Crippen LogP) is 4.35. The predicted molar refractivity (Wildman–Crippen MR) is 126 cm³/mol. The lowest BCUT2D eigenvalue weighted by atomic mass is 9.97. The molecule has 1 N–H and O–H groups in total. The molecule has 9 nitrogen and oxygen atoms in total. The summed E-state index contributed by atoms with van der Waals surface area (Å²) in [7, 11) is 1.32. The number of esters is 1. The van der Waals surface area contributed by atoms with E-state index in [0.29, 0.717) is 40.3 Å². The van der Waals surface area contributed by atoms with Gasteiger partial charge in [-0.25, -0.2) is 10.2 Å². The van der Waals surface area contributed by atoms with Crippen molar-refractivity contribution in [2.75, 3.05) is 13.7 Å². The Kier molecular flexibility index (Phi) is 6.63. The highest BCUT2D eigenvalue weighted by Crippen LogP contribution is 2.29. The summed E-state index contributed by atoms with van der Waals surface area (Å²) in [4.78, 5) is 40.3. The zero-order chi connectivity index (χ0) is 24.1. The molecule has 0 saturated carbocycles. The van der Waals surface area contributed by atoms with Crippen molar-refractivity contribution in [3.8, 4) is 17.1 Å². The molecule has 0 fully saturated rings. The first-order chi connectivity index (χ1) is 16.6. The van der Waals surface area contributed by atoms with Crippen molar-refractivity contribution < 1.29 is 19.1 Å². The molecule has 0 aliphatic heterocycles. The molecular formula is C25H22N4O5. The summed E-state index contributed by atoms with van der Waals surface area (Å²) >= 11 is 0. The van der Waals surface area contributed by atoms with E-state index in [1.807, 2.05) is 54.8 Å². The third kappa shape index (κ3) is 4.36. The van der Waals surface area contributed by atoms with Crippen LogP contribution in [-0.4, -0.2) is 35.1 Å². The second-order valence-corrected chi connectivity index (χ2v) is 7.36. The Morgan fingerprint density at radius 1 is 1.03 bits per heavy atom. The molecule has 1 amide bonds. The standard InChI is InChI=1S/C25H22N4O5/c1-3-34-25-26-21-11-7-10-19(24(31)33-2)22(21)29(25)15-16-12-13-18(17-8-5-4-6-9-17)20(14-16)23(30)27-28-32/h4-14H,3,15H2,1-2H3,(H,27,30,32). The molecule has 1 heterocycles. The van der Waals surface area contributed by atoms with Gasteiger partial charge in [-0.3, -0.25) is 9.36 Å². The number of hydrogen-bond donors (Lipinski definition) is 1. The van der Waals surface area contributed by atoms with E-state index in [9.17, 15) is 14.5 Å². The number of ether oxygens (including phenoxy) is 2. The molecule has 34 heavy (non-hydrogen) atoms. The van der Waals surface area contributed by atoms with Gasteiger partial charge < -0.3 is 9.47 Å². The fraction of sp³-hybridized carbons (Fsp3) is 0.160. The highest BCUT2D eigenvalue weighted by molar-refractivity contribution is 6.03. The molecule has 4 aromatic rings. The maximum absolute atomic E-state index is 12.6. The van der Waals surface area contributed by atoms with Gasteiger partial charge in [-0.1, -0.05) is 48.5 Å². The Bertz CT molecular complexity index is 1360. The highest BCUT2D eigenvalue weighted by atomic mass is 16.5. The van der Waals surface area contributed by atoms with Crippen molar-refractivity contribution in [2.24, 2.45) is 5.29 Å². The van der Waals surface area contributed by atoms with Crippen LogP contribution < -0.4 is 10.2 Å². The number of rotatable bonds is 8. The Balaban J connectivity index is 1.85. The number of nitroso groups, excluding NO2 is 1. The zero-order valence-electron chi connectivity index (χ0n) is 18.6. The molecule has 0 aliphatic rings. The van der Waals surface area contributed by atoms with Crippen LogP contribution in [0.3, 0.4) is 0 Å². The molecule has 0 saturated heterocycles. The summed E-state index contributed by atoms with van der Waals surface area (Å²) in [5.74, 6) is -1.11. The normalized spacial score (nSPS) is 10.6. The molecule has 0 spiro atoms. The lowest BCUT2D eigenvalue weighted by Gasteiger charge is -2.14. The van der Waals surface area contributed by atoms with Gasteiger partial charge in [0.25, 0.3) is 11.9 Å². The summed E-state index contributed by atoms with van der Waals surface area (Å²) in [6, 6.07) is 20.2. The quantitative estimate of drug-likeness (QED) is 0.239. The van der Waals surface area contributed by atoms with Crippen molar-refractivity contribution in [3.63, 3.8) is 0 Å². The monoisotopic (exact) mass is 458 g/mol. The van der Waals surface area contributed by atoms with Crippen LogP contribution in [0.5, 0.6) is 6.01 Å². The first-order valence-electron chi connectivity index (χ1n) is 10.6. The molecule has 0 atom stereocenters. The molecule has 0 bridgehead atoms. The van der Waals surface area contributed by atoms with Crippen molar-refractivity contribution in [1.29, 1.82) is 0 Å². The number of carbonyl (C=O) groups excluding carboxylic acids is 2. The lowest BCUT2D eigenvalue weighted by Crippen LogP contribution is -2.18. The maximum Gasteiger partial charge on any atom is 0.340 e. The van der Waals surface area contributed by atoms with Crippen molar-refractivity contribution in [3.05, 3.63) is 88.3 Å². The van der Waals surface area contributed by atoms with Crippen molar-refractivity contribution in [1.82, 2.24) is 15.0 Å². The number of nitrogens with one attached hydrogen (secondary N) is 1. The number of amides is 1. The molecular weight excluding hydrogens is 436 g/mol. The van der Waals surface area contributed by atoms with E-state index in [1.165, 1.54) is 7.11 Å². The second kappa shape index (κ2) is 9.95. The van der Waals surface area contributed by atoms with Crippen LogP contribution in [0, 0.1) is 4.91 Å². The largest absolute Gasteiger partial charge is 0.465 e. The Labute approximate surface area is 195 Å². The SMILES string of the molecule is CCOc1nc2cccc(C(=O)OC)c2n1Cc1ccc(-c2ccccc2)c(C(=O)NN=O)c1. The molecule has 1 aromatic heterocycles. The summed E-state index contributed by atoms with van der Waals surface area (Å²) in [5.41, 5.74) is 5.96. The topological polar surface area (TPSA) is 112 Å². The van der Waals surface area contributed by atoms with Gasteiger partial charge in [0.2, 0.25) is 0 Å². The Hall–Kier alpha value is -4.53. The smallest absolute Gasteiger partial charge is 0.340 e. The number of carbonyl (C=O) groups is 2. The van der Waals surface area contributed by atoms with Crippen LogP contribution in [0.2, 0.25) is 0 Å². The number of aromatic nitrogens is 2. The van der Waals surface area contributed by atoms with Gasteiger partial charge in [-0.2, -0.15) is 4.98 Å². The minimum absolute atomic E-state index is 0.254. The third-order valence-corrected chi connectivity index (χ3v) is 5.31. The van der Waals surface area contributed by atoms with Gasteiger partial charge in [-0.15, -0.1) is 4.91 Å². The average molecular weight is 458 g/mol. The van der Waals surface area contributed by atoms with E-state index in [2.05, 4.69) is 10.3 Å². The van der Waals surface area contributed by atoms with Crippen LogP contribution in [0.4, 0.5) is 0 Å². The number of methoxy groups -OCH3 is 1. The number of fused-ring (bicyclic) bond motifs is 1. The van der Waals surface area contributed by atoms with E-state index in [0.717, 1.165) is 11.1 Å². The molecule has 0 aliphatic carbocycles. The highest BCUT2D eigenvalue weighted by Gasteiger charge is 2.21. The third-order valence-electron chi connectivity index (χ3n) is 5.31. The summed E-state index contributed by atoms with van der Waals surface area (Å²) in [6.07, 6.45) is 0. The fourth-order valence-corrected chi connectivity index (χ4v) is 3.86. The van der Waals surface area contributed by atoms with Gasteiger partial charge in [0, 0.05) is 5.56 Å². The molecule has 172 valence electrons. The number of hydrogen-bond acceptors (Lipinski definition) is 7. The van der Waals surface area contributed by atoms with Gasteiger partial charge in [0.1, 0.15) is 0 Å². The van der Waals surface area contributed by atoms with E-state index < -0.39 is 11.9 Å². The number of nitrogens with zero attached hydrogens (tertiary/aromatic N) is 3. The van der Waals surface area contributed by atoms with E-state index in [4.69, 9.17) is 9.47 Å². The van der Waals surface area contributed by atoms with Crippen molar-refractivity contribution >= 4 is 22.9 Å². The summed E-state index contributed by atoms with van der Waals surface area (Å²) in [5, 5.41) is 2.54. The summed E-state index contributed by atoms with van der Waals surface area (Å²) in [6.45, 7) is 2.47. The number of imidazole rings is 1. The molecule has 3 aromatic carbocycles. The molecule has 0 unspecified atom stereocenters. The first-order valence-corrected chi connectivity index (χ1v) is 10.6. The van der Waals surface area contributed by atoms with Crippen molar-refractivity contribution in [2.45, 2.75) is 13.5 Å². The van der Waals surface area contributed by atoms with Crippen LogP contribution in [0.25, 0.3) is 22.2 Å². The van der Waals surface area contributed by atoms with E-state index >= 15 is 0 Å². The number of benzene rings is 3. The summed E-state index contributed by atoms with van der Waals surface area (Å²) < 4.78 is 12.4. The first kappa shape index (κ1) is 22.7. The van der Waals surface area contributed by atoms with Crippen LogP contribution in [-0.2, 0) is 11.3 Å². The minimum atomic E-state index is -0.619. The van der Waals surface area contributed by atoms with E-state index in [-0.39, 0.29) is 6.54 Å². The van der Waals surface area contributed by atoms with Crippen LogP contribution in [0.15, 0.2) is 72.0 Å². The van der Waals surface area contributed by atoms with Crippen LogP contribution in [0.1, 0.15) is 33.2 Å². The molecule has 4 rings (SSSR count). The van der Waals surface area contributed by atoms with Gasteiger partial charge in [0.15, 0.2) is 0 Å². The Morgan fingerprint density at radius 2 is 1.82 bits per heavy atom. The van der Waals surface area contributed by atoms with Gasteiger partial charge in [0.05, 0.1) is 42.1 Å². The van der Waals surface area contributed by atoms with Crippen LogP contribution >= 0.6 is 0 Å². The van der Waals surface area contributed by atoms with Gasteiger partial charge >= 0.3 is 5.97 Å². The molecule has 0 radical (unpaired) electrons. The van der Waals surface area contributed by atoms with E-state index in [1.54, 1.807) is 28.8 Å². The fourth-order valence-electron chi connectivity index (χ4n) is 3.86. The molecule has 9 heteroatoms. The average Bonchev–Trinajstić information content (AvgIpc) is 3.21. The second-order valence-electron chi connectivity index (χ2n) is 7.36. The maximum atomic E-state index is 12.6. The lowest BCUT2D eigenvalue weighted by molar-refractivity contribution is 0.0602.